The van der Waals surface area contributed by atoms with Crippen molar-refractivity contribution in [1.82, 2.24) is 14.4 Å². The number of β-amino-alcohol motifs (C(OH)–C–C–N with tert-alkyl or cyclic N) is 1. The lowest BCUT2D eigenvalue weighted by molar-refractivity contribution is -0.131. The third-order valence-corrected chi connectivity index (χ3v) is 6.86. The Labute approximate surface area is 200 Å². The van der Waals surface area contributed by atoms with E-state index < -0.39 is 23.7 Å². The normalized spacial score (nSPS) is 18.9. The number of aliphatic carboxylic acids is 1. The van der Waals surface area contributed by atoms with Crippen LogP contribution in [0.15, 0.2) is 34.6 Å². The molecule has 180 valence electrons. The van der Waals surface area contributed by atoms with Gasteiger partial charge in [-0.2, -0.15) is 0 Å². The molecule has 0 bridgehead atoms. The fraction of sp³-hybridized carbons (Fsp3) is 0.417. The number of anilines is 1. The molecule has 0 aromatic carbocycles. The first-order valence-electron chi connectivity index (χ1n) is 11.2. The number of piperidine rings is 1. The maximum absolute atomic E-state index is 13.2. The summed E-state index contributed by atoms with van der Waals surface area (Å²) in [5.41, 5.74) is 2.26. The maximum Gasteiger partial charge on any atom is 0.328 e. The first-order valence-corrected chi connectivity index (χ1v) is 12.1. The molecule has 0 saturated carbocycles. The van der Waals surface area contributed by atoms with Gasteiger partial charge in [-0.25, -0.2) is 14.8 Å². The van der Waals surface area contributed by atoms with Crippen molar-refractivity contribution >= 4 is 34.8 Å². The number of hydrogen-bond donors (Lipinski definition) is 3. The van der Waals surface area contributed by atoms with Crippen LogP contribution in [0.5, 0.6) is 0 Å². The number of thiazole rings is 1. The highest BCUT2D eigenvalue weighted by Gasteiger charge is 2.28. The van der Waals surface area contributed by atoms with Crippen LogP contribution in [0.4, 0.5) is 5.82 Å². The number of nitrogens with zero attached hydrogens (tertiary/aromatic N) is 4. The fourth-order valence-electron chi connectivity index (χ4n) is 3.95. The molecule has 4 rings (SSSR count). The van der Waals surface area contributed by atoms with Gasteiger partial charge in [-0.15, -0.1) is 11.3 Å². The minimum atomic E-state index is -1.18. The Morgan fingerprint density at radius 2 is 2.06 bits per heavy atom. The molecule has 0 aliphatic carbocycles. The Morgan fingerprint density at radius 1 is 1.26 bits per heavy atom. The van der Waals surface area contributed by atoms with Crippen LogP contribution in [0.2, 0.25) is 0 Å². The molecule has 3 N–H and O–H groups in total. The van der Waals surface area contributed by atoms with E-state index in [1.165, 1.54) is 10.5 Å². The zero-order chi connectivity index (χ0) is 24.4. The number of aliphatic hydroxyl groups excluding tert-OH is 2. The van der Waals surface area contributed by atoms with E-state index in [-0.39, 0.29) is 12.1 Å². The van der Waals surface area contributed by atoms with E-state index >= 15 is 0 Å². The standard InChI is InChI=1S/C24H28N4O5S/c1-14(2)17-13-34-21(25-17)5-3-15-7-10-28-20(11-15)26-23(16(24(28)33)4-6-22(31)32)27-9-8-18(29)19(30)12-27/h4,6-7,10-11,13-14,18-19,29-30H,3,5,8-9,12H2,1-2H3,(H,31,32)/t18-,19+/m1/s1. The highest BCUT2D eigenvalue weighted by molar-refractivity contribution is 7.09. The largest absolute Gasteiger partial charge is 0.478 e. The highest BCUT2D eigenvalue weighted by atomic mass is 32.1. The van der Waals surface area contributed by atoms with E-state index in [4.69, 9.17) is 5.11 Å². The molecule has 2 atom stereocenters. The second kappa shape index (κ2) is 10.0. The van der Waals surface area contributed by atoms with E-state index in [9.17, 15) is 19.8 Å². The van der Waals surface area contributed by atoms with Gasteiger partial charge in [0.15, 0.2) is 0 Å². The van der Waals surface area contributed by atoms with Crippen LogP contribution in [0.25, 0.3) is 11.7 Å². The van der Waals surface area contributed by atoms with Crippen molar-refractivity contribution in [1.29, 1.82) is 0 Å². The second-order valence-corrected chi connectivity index (χ2v) is 9.72. The molecule has 1 aliphatic rings. The smallest absolute Gasteiger partial charge is 0.328 e. The molecule has 0 spiro atoms. The summed E-state index contributed by atoms with van der Waals surface area (Å²) in [7, 11) is 0. The quantitative estimate of drug-likeness (QED) is 0.435. The number of hydrogen-bond acceptors (Lipinski definition) is 8. The van der Waals surface area contributed by atoms with E-state index in [1.807, 2.05) is 12.1 Å². The third kappa shape index (κ3) is 5.19. The molecule has 1 fully saturated rings. The van der Waals surface area contributed by atoms with Crippen LogP contribution >= 0.6 is 11.3 Å². The number of carbonyl (C=O) groups is 1. The molecule has 4 heterocycles. The van der Waals surface area contributed by atoms with Crippen molar-refractivity contribution in [3.63, 3.8) is 0 Å². The van der Waals surface area contributed by atoms with Gasteiger partial charge >= 0.3 is 5.97 Å². The number of rotatable bonds is 7. The molecular weight excluding hydrogens is 456 g/mol. The van der Waals surface area contributed by atoms with Crippen molar-refractivity contribution in [2.45, 2.75) is 51.2 Å². The van der Waals surface area contributed by atoms with Crippen molar-refractivity contribution in [3.05, 3.63) is 62.0 Å². The minimum absolute atomic E-state index is 0.0968. The van der Waals surface area contributed by atoms with Crippen molar-refractivity contribution in [3.8, 4) is 0 Å². The minimum Gasteiger partial charge on any atom is -0.478 e. The van der Waals surface area contributed by atoms with Gasteiger partial charge in [0.1, 0.15) is 11.5 Å². The van der Waals surface area contributed by atoms with Crippen molar-refractivity contribution in [2.24, 2.45) is 0 Å². The topological polar surface area (TPSA) is 128 Å². The molecule has 3 aromatic heterocycles. The average molecular weight is 485 g/mol. The van der Waals surface area contributed by atoms with Crippen LogP contribution in [0, 0.1) is 0 Å². The molecule has 0 amide bonds. The van der Waals surface area contributed by atoms with E-state index in [1.54, 1.807) is 22.4 Å². The summed E-state index contributed by atoms with van der Waals surface area (Å²) in [5.74, 6) is -0.492. The predicted octanol–water partition coefficient (Wildman–Crippen LogP) is 2.09. The van der Waals surface area contributed by atoms with Gasteiger partial charge in [0.2, 0.25) is 0 Å². The van der Waals surface area contributed by atoms with Crippen LogP contribution < -0.4 is 10.5 Å². The Hall–Kier alpha value is -3.08. The van der Waals surface area contributed by atoms with Gasteiger partial charge in [0, 0.05) is 37.2 Å². The van der Waals surface area contributed by atoms with Gasteiger partial charge < -0.3 is 20.2 Å². The number of pyridine rings is 1. The summed E-state index contributed by atoms with van der Waals surface area (Å²) in [6.07, 6.45) is 3.79. The lowest BCUT2D eigenvalue weighted by Crippen LogP contribution is -2.47. The lowest BCUT2D eigenvalue weighted by atomic mass is 10.0. The first-order chi connectivity index (χ1) is 16.2. The highest BCUT2D eigenvalue weighted by Crippen LogP contribution is 2.24. The van der Waals surface area contributed by atoms with Crippen LogP contribution in [0.3, 0.4) is 0 Å². The van der Waals surface area contributed by atoms with Gasteiger partial charge in [-0.3, -0.25) is 9.20 Å². The van der Waals surface area contributed by atoms with Crippen LogP contribution in [0.1, 0.15) is 48.0 Å². The molecule has 34 heavy (non-hydrogen) atoms. The van der Waals surface area contributed by atoms with E-state index in [2.05, 4.69) is 29.2 Å². The number of aliphatic hydroxyl groups is 2. The lowest BCUT2D eigenvalue weighted by Gasteiger charge is -2.34. The molecule has 10 heteroatoms. The zero-order valence-corrected chi connectivity index (χ0v) is 19.9. The Kier molecular flexibility index (Phi) is 7.11. The second-order valence-electron chi connectivity index (χ2n) is 8.78. The van der Waals surface area contributed by atoms with E-state index in [0.29, 0.717) is 30.3 Å². The molecule has 9 nitrogen and oxygen atoms in total. The molecule has 0 radical (unpaired) electrons. The summed E-state index contributed by atoms with van der Waals surface area (Å²) in [6, 6.07) is 3.71. The summed E-state index contributed by atoms with van der Waals surface area (Å²) < 4.78 is 1.39. The summed E-state index contributed by atoms with van der Waals surface area (Å²) in [5, 5.41) is 32.2. The van der Waals surface area contributed by atoms with Crippen LogP contribution in [-0.4, -0.2) is 61.0 Å². The summed E-state index contributed by atoms with van der Waals surface area (Å²) in [6.45, 7) is 4.71. The Morgan fingerprint density at radius 3 is 2.74 bits per heavy atom. The molecule has 1 saturated heterocycles. The zero-order valence-electron chi connectivity index (χ0n) is 19.1. The van der Waals surface area contributed by atoms with Gasteiger partial charge in [0.25, 0.3) is 5.56 Å². The Balaban J connectivity index is 1.68. The van der Waals surface area contributed by atoms with Crippen molar-refractivity contribution in [2.75, 3.05) is 18.0 Å². The van der Waals surface area contributed by atoms with E-state index in [0.717, 1.165) is 35.2 Å². The molecule has 0 unspecified atom stereocenters. The predicted molar refractivity (Wildman–Crippen MR) is 131 cm³/mol. The SMILES string of the molecule is CC(C)c1csc(CCc2ccn3c(=O)c(C=CC(=O)O)c(N4CC[C@@H](O)[C@@H](O)C4)nc3c2)n1. The number of fused-ring (bicyclic) bond motifs is 1. The monoisotopic (exact) mass is 484 g/mol. The van der Waals surface area contributed by atoms with Crippen molar-refractivity contribution < 1.29 is 20.1 Å². The Bertz CT molecular complexity index is 1280. The average Bonchev–Trinajstić information content (AvgIpc) is 3.28. The number of carboxylic acid groups (broad SMARTS) is 1. The maximum atomic E-state index is 13.2. The fourth-order valence-corrected chi connectivity index (χ4v) is 4.91. The molecular formula is C24H28N4O5S. The number of carboxylic acids is 1. The number of aromatic nitrogens is 3. The van der Waals surface area contributed by atoms with Gasteiger partial charge in [-0.05, 0) is 42.5 Å². The summed E-state index contributed by atoms with van der Waals surface area (Å²) in [4.78, 5) is 35.4. The van der Waals surface area contributed by atoms with Crippen LogP contribution in [-0.2, 0) is 17.6 Å². The first kappa shape index (κ1) is 24.1. The molecule has 1 aliphatic heterocycles. The third-order valence-electron chi connectivity index (χ3n) is 5.94. The number of aryl methyl sites for hydroxylation is 2. The summed E-state index contributed by atoms with van der Waals surface area (Å²) >= 11 is 1.65. The molecule has 3 aromatic rings. The van der Waals surface area contributed by atoms with Gasteiger partial charge in [-0.1, -0.05) is 13.8 Å². The van der Waals surface area contributed by atoms with Gasteiger partial charge in [0.05, 0.1) is 28.5 Å².